The number of halogens is 2. The molecule has 0 spiro atoms. The second-order valence-electron chi connectivity index (χ2n) is 10.6. The third-order valence-corrected chi connectivity index (χ3v) is 7.07. The smallest absolute Gasteiger partial charge is 0.329 e. The zero-order valence-corrected chi connectivity index (χ0v) is 22.7. The molecule has 4 nitrogen and oxygen atoms in total. The van der Waals surface area contributed by atoms with Crippen LogP contribution in [0.25, 0.3) is 0 Å². The van der Waals surface area contributed by atoms with E-state index in [0.717, 1.165) is 11.1 Å². The Bertz CT molecular complexity index is 1080. The van der Waals surface area contributed by atoms with Gasteiger partial charge in [0.2, 0.25) is 5.91 Å². The number of carbonyl (C=O) groups excluding carboxylic acids is 2. The fraction of sp³-hybridized carbons (Fsp3) is 0.448. The molecule has 188 valence electrons. The van der Waals surface area contributed by atoms with Crippen molar-refractivity contribution in [3.8, 4) is 0 Å². The van der Waals surface area contributed by atoms with Crippen molar-refractivity contribution in [2.75, 3.05) is 0 Å². The van der Waals surface area contributed by atoms with Gasteiger partial charge in [0.15, 0.2) is 0 Å². The molecule has 3 rings (SSSR count). The summed E-state index contributed by atoms with van der Waals surface area (Å²) in [5.41, 5.74) is 0.530. The Morgan fingerprint density at radius 1 is 1.17 bits per heavy atom. The van der Waals surface area contributed by atoms with E-state index in [1.165, 1.54) is 0 Å². The van der Waals surface area contributed by atoms with Gasteiger partial charge >= 0.3 is 5.97 Å². The van der Waals surface area contributed by atoms with Crippen LogP contribution < -0.4 is 0 Å². The molecule has 0 aromatic heterocycles. The van der Waals surface area contributed by atoms with E-state index in [2.05, 4.69) is 6.58 Å². The Labute approximate surface area is 219 Å². The summed E-state index contributed by atoms with van der Waals surface area (Å²) in [5.74, 6) is -0.581. The summed E-state index contributed by atoms with van der Waals surface area (Å²) in [5, 5.41) is 1.24. The lowest BCUT2D eigenvalue weighted by Crippen LogP contribution is -2.58. The molecule has 2 unspecified atom stereocenters. The Morgan fingerprint density at radius 3 is 2.37 bits per heavy atom. The molecule has 0 aliphatic carbocycles. The van der Waals surface area contributed by atoms with Crippen LogP contribution >= 0.6 is 23.2 Å². The quantitative estimate of drug-likeness (QED) is 0.279. The zero-order chi connectivity index (χ0) is 26.0. The number of amides is 1. The number of esters is 1. The maximum Gasteiger partial charge on any atom is 0.329 e. The van der Waals surface area contributed by atoms with E-state index in [-0.39, 0.29) is 11.8 Å². The first-order chi connectivity index (χ1) is 16.4. The monoisotopic (exact) mass is 515 g/mol. The lowest BCUT2D eigenvalue weighted by molar-refractivity contribution is -0.173. The predicted octanol–water partition coefficient (Wildman–Crippen LogP) is 7.75. The molecule has 1 fully saturated rings. The maximum absolute atomic E-state index is 14.2. The second-order valence-corrected chi connectivity index (χ2v) is 11.5. The van der Waals surface area contributed by atoms with Crippen LogP contribution in [-0.2, 0) is 14.3 Å². The number of carbonyl (C=O) groups is 2. The van der Waals surface area contributed by atoms with Gasteiger partial charge in [0, 0.05) is 16.0 Å². The van der Waals surface area contributed by atoms with E-state index in [1.54, 1.807) is 11.0 Å². The average molecular weight is 517 g/mol. The van der Waals surface area contributed by atoms with Crippen molar-refractivity contribution < 1.29 is 14.3 Å². The van der Waals surface area contributed by atoms with Crippen molar-refractivity contribution in [1.82, 2.24) is 4.90 Å². The number of hydrogen-bond acceptors (Lipinski definition) is 3. The third kappa shape index (κ3) is 6.10. The largest absolute Gasteiger partial charge is 0.458 e. The van der Waals surface area contributed by atoms with Gasteiger partial charge in [-0.3, -0.25) is 4.79 Å². The Hall–Kier alpha value is -2.30. The first-order valence-corrected chi connectivity index (χ1v) is 12.8. The molecule has 1 saturated heterocycles. The summed E-state index contributed by atoms with van der Waals surface area (Å²) in [4.78, 5) is 29.4. The molecule has 0 N–H and O–H groups in total. The van der Waals surface area contributed by atoms with Gasteiger partial charge in [-0.05, 0) is 75.4 Å². The van der Waals surface area contributed by atoms with Gasteiger partial charge in [0.25, 0.3) is 0 Å². The van der Waals surface area contributed by atoms with Crippen LogP contribution in [0, 0.1) is 5.41 Å². The summed E-state index contributed by atoms with van der Waals surface area (Å²) < 4.78 is 5.79. The van der Waals surface area contributed by atoms with Crippen LogP contribution in [0.1, 0.15) is 77.0 Å². The van der Waals surface area contributed by atoms with Crippen molar-refractivity contribution in [1.29, 1.82) is 0 Å². The molecule has 2 aromatic carbocycles. The van der Waals surface area contributed by atoms with Crippen molar-refractivity contribution in [2.45, 2.75) is 77.5 Å². The lowest BCUT2D eigenvalue weighted by atomic mass is 9.67. The Kier molecular flexibility index (Phi) is 8.39. The number of nitrogens with zero attached hydrogens (tertiary/aromatic N) is 1. The summed E-state index contributed by atoms with van der Waals surface area (Å²) in [7, 11) is 0. The standard InChI is InChI=1S/C29H35Cl2NO3/c1-7-16-29(6)18-23(20-10-9-11-22(31)17-20)25(19-12-14-21(30)15-13-19)32(27(29)34)24(8-2)26(33)35-28(3,4)5/h7,9-15,17,23-25H,1,8,16,18H2,2-6H3/t23-,24?,25-,29?/m1/s1. The fourth-order valence-corrected chi connectivity index (χ4v) is 5.40. The van der Waals surface area contributed by atoms with E-state index in [0.29, 0.717) is 29.3 Å². The van der Waals surface area contributed by atoms with Gasteiger partial charge < -0.3 is 9.64 Å². The summed E-state index contributed by atoms with van der Waals surface area (Å²) in [6, 6.07) is 14.1. The van der Waals surface area contributed by atoms with Crippen molar-refractivity contribution in [3.05, 3.63) is 82.4 Å². The molecule has 35 heavy (non-hydrogen) atoms. The molecule has 6 heteroatoms. The number of piperidine rings is 1. The van der Waals surface area contributed by atoms with Gasteiger partial charge in [0.1, 0.15) is 11.6 Å². The number of likely N-dealkylation sites (tertiary alicyclic amines) is 1. The van der Waals surface area contributed by atoms with Gasteiger partial charge in [-0.15, -0.1) is 6.58 Å². The topological polar surface area (TPSA) is 46.6 Å². The third-order valence-electron chi connectivity index (χ3n) is 6.59. The Balaban J connectivity index is 2.24. The van der Waals surface area contributed by atoms with E-state index in [4.69, 9.17) is 27.9 Å². The highest BCUT2D eigenvalue weighted by molar-refractivity contribution is 6.30. The Morgan fingerprint density at radius 2 is 1.83 bits per heavy atom. The van der Waals surface area contributed by atoms with Gasteiger partial charge in [-0.1, -0.05) is 67.4 Å². The maximum atomic E-state index is 14.2. The molecular formula is C29H35Cl2NO3. The minimum atomic E-state index is -0.742. The highest BCUT2D eigenvalue weighted by Gasteiger charge is 2.52. The minimum absolute atomic E-state index is 0.0756. The van der Waals surface area contributed by atoms with E-state index >= 15 is 0 Å². The van der Waals surface area contributed by atoms with Crippen molar-refractivity contribution >= 4 is 35.1 Å². The molecule has 1 aliphatic rings. The van der Waals surface area contributed by atoms with Crippen LogP contribution in [0.5, 0.6) is 0 Å². The van der Waals surface area contributed by atoms with Crippen LogP contribution in [0.15, 0.2) is 61.2 Å². The van der Waals surface area contributed by atoms with E-state index < -0.39 is 29.1 Å². The minimum Gasteiger partial charge on any atom is -0.458 e. The zero-order valence-electron chi connectivity index (χ0n) is 21.2. The van der Waals surface area contributed by atoms with Crippen molar-refractivity contribution in [2.24, 2.45) is 5.41 Å². The molecule has 1 aliphatic heterocycles. The molecule has 4 atom stereocenters. The number of ether oxygens (including phenoxy) is 1. The molecule has 2 aromatic rings. The molecule has 1 heterocycles. The number of allylic oxidation sites excluding steroid dienone is 1. The molecule has 0 saturated carbocycles. The van der Waals surface area contributed by atoms with E-state index in [1.807, 2.05) is 83.1 Å². The van der Waals surface area contributed by atoms with Crippen LogP contribution in [0.4, 0.5) is 0 Å². The van der Waals surface area contributed by atoms with Crippen LogP contribution in [0.2, 0.25) is 10.0 Å². The summed E-state index contributed by atoms with van der Waals surface area (Å²) in [6.07, 6.45) is 3.30. The second kappa shape index (κ2) is 10.8. The molecular weight excluding hydrogens is 481 g/mol. The van der Waals surface area contributed by atoms with Gasteiger partial charge in [-0.2, -0.15) is 0 Å². The van der Waals surface area contributed by atoms with Crippen LogP contribution in [0.3, 0.4) is 0 Å². The first-order valence-electron chi connectivity index (χ1n) is 12.1. The predicted molar refractivity (Wildman–Crippen MR) is 143 cm³/mol. The average Bonchev–Trinajstić information content (AvgIpc) is 2.77. The number of rotatable bonds is 7. The molecule has 1 amide bonds. The SMILES string of the molecule is C=CCC1(C)C[C@H](c2cccc(Cl)c2)[C@@H](c2ccc(Cl)cc2)N(C(CC)C(=O)OC(C)(C)C)C1=O. The summed E-state index contributed by atoms with van der Waals surface area (Å²) in [6.45, 7) is 13.3. The first kappa shape index (κ1) is 27.3. The fourth-order valence-electron chi connectivity index (χ4n) is 5.08. The number of hydrogen-bond donors (Lipinski definition) is 0. The normalized spacial score (nSPS) is 23.6. The van der Waals surface area contributed by atoms with Crippen molar-refractivity contribution in [3.63, 3.8) is 0 Å². The summed E-state index contributed by atoms with van der Waals surface area (Å²) >= 11 is 12.6. The highest BCUT2D eigenvalue weighted by Crippen LogP contribution is 2.52. The molecule has 0 bridgehead atoms. The van der Waals surface area contributed by atoms with E-state index in [9.17, 15) is 9.59 Å². The number of benzene rings is 2. The molecule has 0 radical (unpaired) electrons. The lowest BCUT2D eigenvalue weighted by Gasteiger charge is -2.51. The van der Waals surface area contributed by atoms with Gasteiger partial charge in [0.05, 0.1) is 11.5 Å². The highest BCUT2D eigenvalue weighted by atomic mass is 35.5. The van der Waals surface area contributed by atoms with Gasteiger partial charge in [-0.25, -0.2) is 4.79 Å². The van der Waals surface area contributed by atoms with Crippen LogP contribution in [-0.4, -0.2) is 28.4 Å².